The second-order valence-electron chi connectivity index (χ2n) is 4.81. The van der Waals surface area contributed by atoms with E-state index in [1.54, 1.807) is 24.3 Å². The van der Waals surface area contributed by atoms with Crippen molar-refractivity contribution in [2.24, 2.45) is 0 Å². The number of nitrogens with one attached hydrogen (secondary N) is 2. The highest BCUT2D eigenvalue weighted by Crippen LogP contribution is 2.26. The third-order valence-corrected chi connectivity index (χ3v) is 3.99. The first kappa shape index (κ1) is 15.3. The molecule has 0 unspecified atom stereocenters. The van der Waals surface area contributed by atoms with E-state index in [2.05, 4.69) is 10.6 Å². The van der Waals surface area contributed by atoms with Gasteiger partial charge in [0.15, 0.2) is 0 Å². The summed E-state index contributed by atoms with van der Waals surface area (Å²) >= 11 is 0.495. The minimum atomic E-state index is -2.42. The first-order valence-electron chi connectivity index (χ1n) is 6.71. The third kappa shape index (κ3) is 5.09. The van der Waals surface area contributed by atoms with Crippen LogP contribution in [0.25, 0.3) is 0 Å². The van der Waals surface area contributed by atoms with Crippen LogP contribution in [0.2, 0.25) is 0 Å². The molecule has 3 nitrogen and oxygen atoms in total. The van der Waals surface area contributed by atoms with E-state index in [9.17, 15) is 13.6 Å². The van der Waals surface area contributed by atoms with E-state index in [4.69, 9.17) is 0 Å². The summed E-state index contributed by atoms with van der Waals surface area (Å²) in [7, 11) is 0. The predicted octanol–water partition coefficient (Wildman–Crippen LogP) is 3.47. The molecule has 1 aliphatic rings. The number of rotatable bonds is 6. The van der Waals surface area contributed by atoms with Crippen molar-refractivity contribution in [1.82, 2.24) is 5.32 Å². The van der Waals surface area contributed by atoms with Crippen LogP contribution in [0.3, 0.4) is 0 Å². The molecule has 1 aromatic rings. The van der Waals surface area contributed by atoms with E-state index < -0.39 is 5.76 Å². The Kier molecular flexibility index (Phi) is 5.79. The molecule has 0 aliphatic heterocycles. The van der Waals surface area contributed by atoms with Crippen LogP contribution in [-0.2, 0) is 4.79 Å². The lowest BCUT2D eigenvalue weighted by molar-refractivity contribution is -0.115. The number of anilines is 1. The van der Waals surface area contributed by atoms with Crippen LogP contribution in [0.5, 0.6) is 0 Å². The summed E-state index contributed by atoms with van der Waals surface area (Å²) in [6, 6.07) is 6.88. The van der Waals surface area contributed by atoms with E-state index in [0.717, 1.165) is 12.8 Å². The molecule has 0 radical (unpaired) electrons. The number of hydrogen-bond donors (Lipinski definition) is 2. The summed E-state index contributed by atoms with van der Waals surface area (Å²) < 4.78 is 24.3. The number of thioether (sulfide) groups is 1. The maximum absolute atomic E-state index is 12.2. The molecule has 2 N–H and O–H groups in total. The first-order valence-corrected chi connectivity index (χ1v) is 7.59. The largest absolute Gasteiger partial charge is 0.325 e. The Hall–Kier alpha value is -1.14. The summed E-state index contributed by atoms with van der Waals surface area (Å²) in [6.07, 6.45) is 4.71. The Morgan fingerprint density at radius 1 is 1.25 bits per heavy atom. The lowest BCUT2D eigenvalue weighted by Gasteiger charge is -2.12. The highest BCUT2D eigenvalue weighted by Gasteiger charge is 2.15. The van der Waals surface area contributed by atoms with Crippen molar-refractivity contribution in [2.75, 3.05) is 11.9 Å². The van der Waals surface area contributed by atoms with Crippen LogP contribution in [-0.4, -0.2) is 24.3 Å². The second-order valence-corrected chi connectivity index (χ2v) is 5.88. The maximum Gasteiger partial charge on any atom is 0.288 e. The molecular weight excluding hydrogens is 282 g/mol. The molecule has 0 saturated heterocycles. The summed E-state index contributed by atoms with van der Waals surface area (Å²) in [5.41, 5.74) is 0.627. The molecule has 1 aliphatic carbocycles. The van der Waals surface area contributed by atoms with Crippen LogP contribution in [0, 0.1) is 0 Å². The van der Waals surface area contributed by atoms with Crippen molar-refractivity contribution in [3.05, 3.63) is 24.3 Å². The summed E-state index contributed by atoms with van der Waals surface area (Å²) in [6.45, 7) is 0.290. The van der Waals surface area contributed by atoms with Gasteiger partial charge in [-0.25, -0.2) is 0 Å². The molecule has 1 aromatic carbocycles. The average Bonchev–Trinajstić information content (AvgIpc) is 2.91. The first-order chi connectivity index (χ1) is 9.63. The van der Waals surface area contributed by atoms with Crippen molar-refractivity contribution in [3.63, 3.8) is 0 Å². The monoisotopic (exact) mass is 300 g/mol. The van der Waals surface area contributed by atoms with Gasteiger partial charge in [-0.1, -0.05) is 24.6 Å². The highest BCUT2D eigenvalue weighted by molar-refractivity contribution is 7.99. The SMILES string of the molecule is O=C(CNC1CCCC1)Nc1ccc(SC(F)F)cc1. The van der Waals surface area contributed by atoms with Gasteiger partial charge in [0.1, 0.15) is 0 Å². The fourth-order valence-electron chi connectivity index (χ4n) is 2.29. The van der Waals surface area contributed by atoms with E-state index >= 15 is 0 Å². The molecule has 0 heterocycles. The second kappa shape index (κ2) is 7.59. The number of amides is 1. The topological polar surface area (TPSA) is 41.1 Å². The number of benzene rings is 1. The Morgan fingerprint density at radius 3 is 2.50 bits per heavy atom. The summed E-state index contributed by atoms with van der Waals surface area (Å²) in [4.78, 5) is 12.2. The van der Waals surface area contributed by atoms with Gasteiger partial charge in [-0.2, -0.15) is 8.78 Å². The predicted molar refractivity (Wildman–Crippen MR) is 77.2 cm³/mol. The third-order valence-electron chi connectivity index (χ3n) is 3.27. The van der Waals surface area contributed by atoms with Crippen LogP contribution < -0.4 is 10.6 Å². The number of carbonyl (C=O) groups excluding carboxylic acids is 1. The molecule has 6 heteroatoms. The van der Waals surface area contributed by atoms with E-state index in [-0.39, 0.29) is 12.5 Å². The van der Waals surface area contributed by atoms with Gasteiger partial charge < -0.3 is 10.6 Å². The zero-order valence-corrected chi connectivity index (χ0v) is 11.9. The molecule has 110 valence electrons. The van der Waals surface area contributed by atoms with Gasteiger partial charge in [0.05, 0.1) is 6.54 Å². The van der Waals surface area contributed by atoms with Crippen LogP contribution >= 0.6 is 11.8 Å². The number of carbonyl (C=O) groups is 1. The van der Waals surface area contributed by atoms with Crippen LogP contribution in [0.1, 0.15) is 25.7 Å². The van der Waals surface area contributed by atoms with E-state index in [1.165, 1.54) is 12.8 Å². The lowest BCUT2D eigenvalue weighted by atomic mass is 10.2. The molecule has 0 atom stereocenters. The molecule has 20 heavy (non-hydrogen) atoms. The summed E-state index contributed by atoms with van der Waals surface area (Å²) in [5, 5.41) is 5.97. The average molecular weight is 300 g/mol. The van der Waals surface area contributed by atoms with Gasteiger partial charge in [-0.3, -0.25) is 4.79 Å². The van der Waals surface area contributed by atoms with E-state index in [0.29, 0.717) is 28.4 Å². The molecule has 0 aromatic heterocycles. The van der Waals surface area contributed by atoms with Crippen molar-refractivity contribution >= 4 is 23.4 Å². The van der Waals surface area contributed by atoms with Crippen molar-refractivity contribution in [1.29, 1.82) is 0 Å². The molecular formula is C14H18F2N2OS. The molecule has 0 spiro atoms. The Morgan fingerprint density at radius 2 is 1.90 bits per heavy atom. The number of halogens is 2. The zero-order chi connectivity index (χ0) is 14.4. The molecule has 1 amide bonds. The minimum Gasteiger partial charge on any atom is -0.325 e. The van der Waals surface area contributed by atoms with E-state index in [1.807, 2.05) is 0 Å². The smallest absolute Gasteiger partial charge is 0.288 e. The van der Waals surface area contributed by atoms with Gasteiger partial charge >= 0.3 is 0 Å². The minimum absolute atomic E-state index is 0.105. The molecule has 0 bridgehead atoms. The maximum atomic E-state index is 12.2. The lowest BCUT2D eigenvalue weighted by Crippen LogP contribution is -2.34. The molecule has 1 fully saturated rings. The van der Waals surface area contributed by atoms with Crippen molar-refractivity contribution in [3.8, 4) is 0 Å². The van der Waals surface area contributed by atoms with Gasteiger partial charge in [-0.15, -0.1) is 0 Å². The van der Waals surface area contributed by atoms with Gasteiger partial charge in [0, 0.05) is 16.6 Å². The standard InChI is InChI=1S/C14H18F2N2OS/c15-14(16)20-12-7-5-11(6-8-12)18-13(19)9-17-10-3-1-2-4-10/h5-8,10,14,17H,1-4,9H2,(H,18,19). The fraction of sp³-hybridized carbons (Fsp3) is 0.500. The van der Waals surface area contributed by atoms with Crippen molar-refractivity contribution < 1.29 is 13.6 Å². The van der Waals surface area contributed by atoms with Crippen LogP contribution in [0.15, 0.2) is 29.2 Å². The summed E-state index contributed by atoms with van der Waals surface area (Å²) in [5.74, 6) is -2.53. The number of hydrogen-bond acceptors (Lipinski definition) is 3. The number of alkyl halides is 2. The Balaban J connectivity index is 1.75. The normalized spacial score (nSPS) is 15.8. The Labute approximate surface area is 121 Å². The molecule has 1 saturated carbocycles. The van der Waals surface area contributed by atoms with Gasteiger partial charge in [0.25, 0.3) is 5.76 Å². The quantitative estimate of drug-likeness (QED) is 0.790. The van der Waals surface area contributed by atoms with Gasteiger partial charge in [-0.05, 0) is 37.1 Å². The highest BCUT2D eigenvalue weighted by atomic mass is 32.2. The molecule has 2 rings (SSSR count). The fourth-order valence-corrected chi connectivity index (χ4v) is 2.79. The zero-order valence-electron chi connectivity index (χ0n) is 11.1. The Bertz CT molecular complexity index is 433. The van der Waals surface area contributed by atoms with Crippen molar-refractivity contribution in [2.45, 2.75) is 42.4 Å². The van der Waals surface area contributed by atoms with Gasteiger partial charge in [0.2, 0.25) is 5.91 Å². The van der Waals surface area contributed by atoms with Crippen LogP contribution in [0.4, 0.5) is 14.5 Å².